The highest BCUT2D eigenvalue weighted by atomic mass is 35.5. The van der Waals surface area contributed by atoms with E-state index in [1.807, 2.05) is 31.3 Å². The molecule has 3 rings (SSSR count). The first kappa shape index (κ1) is 12.6. The molecule has 0 N–H and O–H groups in total. The highest BCUT2D eigenvalue weighted by Gasteiger charge is 2.28. The van der Waals surface area contributed by atoms with E-state index in [1.165, 1.54) is 12.8 Å². The van der Waals surface area contributed by atoms with Gasteiger partial charge in [-0.15, -0.1) is 21.8 Å². The average Bonchev–Trinajstić information content (AvgIpc) is 2.46. The van der Waals surface area contributed by atoms with E-state index < -0.39 is 0 Å². The van der Waals surface area contributed by atoms with Gasteiger partial charge in [0, 0.05) is 13.1 Å². The normalized spacial score (nSPS) is 23.5. The Kier molecular flexibility index (Phi) is 3.51. The number of para-hydroxylation sites is 1. The van der Waals surface area contributed by atoms with Crippen LogP contribution in [0.3, 0.4) is 0 Å². The third-order valence-electron chi connectivity index (χ3n) is 3.81. The Hall–Kier alpha value is -1.42. The number of fused-ring (bicyclic) bond motifs is 1. The van der Waals surface area contributed by atoms with Crippen LogP contribution in [-0.4, -0.2) is 33.6 Å². The summed E-state index contributed by atoms with van der Waals surface area (Å²) in [5.74, 6) is 0.663. The summed E-state index contributed by atoms with van der Waals surface area (Å²) in [6.45, 7) is 0. The molecule has 0 bridgehead atoms. The Labute approximate surface area is 117 Å². The molecule has 4 nitrogen and oxygen atoms in total. The van der Waals surface area contributed by atoms with Gasteiger partial charge in [-0.05, 0) is 25.0 Å². The summed E-state index contributed by atoms with van der Waals surface area (Å²) in [7, 11) is 2.01. The minimum atomic E-state index is 0.175. The highest BCUT2D eigenvalue weighted by molar-refractivity contribution is 6.21. The molecule has 2 atom stereocenters. The van der Waals surface area contributed by atoms with Gasteiger partial charge in [0.2, 0.25) is 5.95 Å². The summed E-state index contributed by atoms with van der Waals surface area (Å²) in [6, 6.07) is 8.09. The molecule has 1 saturated carbocycles. The van der Waals surface area contributed by atoms with Crippen molar-refractivity contribution < 1.29 is 0 Å². The van der Waals surface area contributed by atoms with Gasteiger partial charge in [0.15, 0.2) is 0 Å². The van der Waals surface area contributed by atoms with E-state index in [9.17, 15) is 0 Å². The third kappa shape index (κ3) is 2.50. The zero-order valence-electron chi connectivity index (χ0n) is 11.0. The molecule has 1 aliphatic rings. The number of anilines is 1. The van der Waals surface area contributed by atoms with Crippen LogP contribution in [0.1, 0.15) is 25.7 Å². The molecule has 2 unspecified atom stereocenters. The van der Waals surface area contributed by atoms with Crippen LogP contribution in [-0.2, 0) is 0 Å². The van der Waals surface area contributed by atoms with Crippen molar-refractivity contribution in [2.24, 2.45) is 0 Å². The second-order valence-corrected chi connectivity index (χ2v) is 5.64. The van der Waals surface area contributed by atoms with Gasteiger partial charge < -0.3 is 4.90 Å². The number of benzene rings is 1. The summed E-state index contributed by atoms with van der Waals surface area (Å²) < 4.78 is 0. The maximum Gasteiger partial charge on any atom is 0.245 e. The SMILES string of the molecule is CN(c1nnc2ccccc2n1)C1CCCCC1Cl. The van der Waals surface area contributed by atoms with Gasteiger partial charge in [-0.3, -0.25) is 0 Å². The van der Waals surface area contributed by atoms with Crippen molar-refractivity contribution >= 4 is 28.6 Å². The number of nitrogens with zero attached hydrogens (tertiary/aromatic N) is 4. The van der Waals surface area contributed by atoms with E-state index in [0.717, 1.165) is 23.9 Å². The van der Waals surface area contributed by atoms with Crippen LogP contribution in [0.5, 0.6) is 0 Å². The minimum absolute atomic E-state index is 0.175. The lowest BCUT2D eigenvalue weighted by Crippen LogP contribution is -2.41. The summed E-state index contributed by atoms with van der Waals surface area (Å²) >= 11 is 6.43. The molecular formula is C14H17ClN4. The van der Waals surface area contributed by atoms with Gasteiger partial charge in [0.25, 0.3) is 0 Å². The summed E-state index contributed by atoms with van der Waals surface area (Å²) in [6.07, 6.45) is 4.60. The lowest BCUT2D eigenvalue weighted by molar-refractivity contribution is 0.430. The number of hydrogen-bond acceptors (Lipinski definition) is 4. The molecular weight excluding hydrogens is 260 g/mol. The fourth-order valence-electron chi connectivity index (χ4n) is 2.67. The molecule has 19 heavy (non-hydrogen) atoms. The minimum Gasteiger partial charge on any atom is -0.338 e. The van der Waals surface area contributed by atoms with Crippen LogP contribution < -0.4 is 4.90 Å². The molecule has 1 aromatic carbocycles. The van der Waals surface area contributed by atoms with Gasteiger partial charge in [-0.1, -0.05) is 25.0 Å². The molecule has 1 aromatic heterocycles. The van der Waals surface area contributed by atoms with E-state index in [1.54, 1.807) is 0 Å². The fraction of sp³-hybridized carbons (Fsp3) is 0.500. The molecule has 0 saturated heterocycles. The Balaban J connectivity index is 1.90. The number of alkyl halides is 1. The lowest BCUT2D eigenvalue weighted by Gasteiger charge is -2.34. The lowest BCUT2D eigenvalue weighted by atomic mass is 9.94. The number of hydrogen-bond donors (Lipinski definition) is 0. The topological polar surface area (TPSA) is 41.9 Å². The highest BCUT2D eigenvalue weighted by Crippen LogP contribution is 2.28. The maximum absolute atomic E-state index is 6.43. The summed E-state index contributed by atoms with van der Waals surface area (Å²) in [5.41, 5.74) is 1.70. The molecule has 5 heteroatoms. The van der Waals surface area contributed by atoms with Crippen molar-refractivity contribution in [3.63, 3.8) is 0 Å². The van der Waals surface area contributed by atoms with Crippen LogP contribution in [0.25, 0.3) is 11.0 Å². The van der Waals surface area contributed by atoms with Crippen molar-refractivity contribution in [3.8, 4) is 0 Å². The molecule has 100 valence electrons. The van der Waals surface area contributed by atoms with E-state index >= 15 is 0 Å². The maximum atomic E-state index is 6.43. The van der Waals surface area contributed by atoms with Crippen molar-refractivity contribution in [2.45, 2.75) is 37.1 Å². The van der Waals surface area contributed by atoms with E-state index in [2.05, 4.69) is 20.1 Å². The Morgan fingerprint density at radius 1 is 1.11 bits per heavy atom. The Bertz CT molecular complexity index is 574. The molecule has 0 amide bonds. The standard InChI is InChI=1S/C14H17ClN4/c1-19(13-9-5-2-6-10(13)15)14-16-11-7-3-4-8-12(11)17-18-14/h3-4,7-8,10,13H,2,5-6,9H2,1H3. The van der Waals surface area contributed by atoms with Crippen LogP contribution in [0.4, 0.5) is 5.95 Å². The first-order valence-corrected chi connectivity index (χ1v) is 7.16. The van der Waals surface area contributed by atoms with Crippen molar-refractivity contribution in [3.05, 3.63) is 24.3 Å². The van der Waals surface area contributed by atoms with Gasteiger partial charge in [0.05, 0.1) is 10.9 Å². The molecule has 1 aliphatic carbocycles. The fourth-order valence-corrected chi connectivity index (χ4v) is 3.12. The zero-order chi connectivity index (χ0) is 13.2. The van der Waals surface area contributed by atoms with E-state index in [-0.39, 0.29) is 5.38 Å². The Morgan fingerprint density at radius 2 is 1.84 bits per heavy atom. The third-order valence-corrected chi connectivity index (χ3v) is 4.32. The number of halogens is 1. The first-order chi connectivity index (χ1) is 9.25. The first-order valence-electron chi connectivity index (χ1n) is 6.72. The van der Waals surface area contributed by atoms with E-state index in [0.29, 0.717) is 12.0 Å². The zero-order valence-corrected chi connectivity index (χ0v) is 11.7. The summed E-state index contributed by atoms with van der Waals surface area (Å²) in [4.78, 5) is 6.66. The monoisotopic (exact) mass is 276 g/mol. The molecule has 2 aromatic rings. The molecule has 0 aliphatic heterocycles. The molecule has 0 spiro atoms. The predicted molar refractivity (Wildman–Crippen MR) is 77.6 cm³/mol. The molecule has 1 fully saturated rings. The Morgan fingerprint density at radius 3 is 2.63 bits per heavy atom. The van der Waals surface area contributed by atoms with E-state index in [4.69, 9.17) is 11.6 Å². The van der Waals surface area contributed by atoms with Crippen LogP contribution in [0, 0.1) is 0 Å². The van der Waals surface area contributed by atoms with Crippen LogP contribution >= 0.6 is 11.6 Å². The predicted octanol–water partition coefficient (Wildman–Crippen LogP) is 3.01. The largest absolute Gasteiger partial charge is 0.338 e. The number of aromatic nitrogens is 3. The second kappa shape index (κ2) is 5.29. The van der Waals surface area contributed by atoms with Crippen LogP contribution in [0.15, 0.2) is 24.3 Å². The second-order valence-electron chi connectivity index (χ2n) is 5.08. The smallest absolute Gasteiger partial charge is 0.245 e. The summed E-state index contributed by atoms with van der Waals surface area (Å²) in [5, 5.41) is 8.62. The van der Waals surface area contributed by atoms with Crippen molar-refractivity contribution in [1.29, 1.82) is 0 Å². The van der Waals surface area contributed by atoms with Gasteiger partial charge in [-0.25, -0.2) is 4.98 Å². The average molecular weight is 277 g/mol. The van der Waals surface area contributed by atoms with Crippen LogP contribution in [0.2, 0.25) is 0 Å². The van der Waals surface area contributed by atoms with Crippen molar-refractivity contribution in [1.82, 2.24) is 15.2 Å². The van der Waals surface area contributed by atoms with Gasteiger partial charge >= 0.3 is 0 Å². The quantitative estimate of drug-likeness (QED) is 0.791. The number of rotatable bonds is 2. The van der Waals surface area contributed by atoms with Gasteiger partial charge in [0.1, 0.15) is 5.52 Å². The van der Waals surface area contributed by atoms with Gasteiger partial charge in [-0.2, -0.15) is 0 Å². The molecule has 0 radical (unpaired) electrons. The molecule has 1 heterocycles. The van der Waals surface area contributed by atoms with Crippen molar-refractivity contribution in [2.75, 3.05) is 11.9 Å².